The summed E-state index contributed by atoms with van der Waals surface area (Å²) in [6.07, 6.45) is 2.29. The molecule has 0 bridgehead atoms. The second-order valence-corrected chi connectivity index (χ2v) is 16.6. The number of halogens is 5. The molecule has 0 unspecified atom stereocenters. The number of likely N-dealkylation sites (tertiary alicyclic amines) is 1. The lowest BCUT2D eigenvalue weighted by Gasteiger charge is -2.51. The van der Waals surface area contributed by atoms with Crippen LogP contribution in [0.5, 0.6) is 6.01 Å². The zero-order chi connectivity index (χ0) is 38.9. The summed E-state index contributed by atoms with van der Waals surface area (Å²) in [6, 6.07) is 5.57. The minimum atomic E-state index is -0.976. The van der Waals surface area contributed by atoms with Crippen LogP contribution in [0.15, 0.2) is 24.5 Å². The molecule has 12 nitrogen and oxygen atoms in total. The van der Waals surface area contributed by atoms with Crippen molar-refractivity contribution in [3.05, 3.63) is 52.0 Å². The van der Waals surface area contributed by atoms with Gasteiger partial charge in [-0.15, -0.1) is 16.4 Å². The van der Waals surface area contributed by atoms with Gasteiger partial charge in [0, 0.05) is 60.9 Å². The van der Waals surface area contributed by atoms with Gasteiger partial charge >= 0.3 is 12.0 Å². The van der Waals surface area contributed by atoms with Crippen molar-refractivity contribution in [2.45, 2.75) is 57.8 Å². The van der Waals surface area contributed by atoms with E-state index in [0.717, 1.165) is 35.4 Å². The highest BCUT2D eigenvalue weighted by atomic mass is 35.5. The first-order valence-electron chi connectivity index (χ1n) is 18.1. The first kappa shape index (κ1) is 37.5. The zero-order valence-corrected chi connectivity index (χ0v) is 32.5. The molecule has 3 aliphatic rings. The molecule has 0 aliphatic carbocycles. The van der Waals surface area contributed by atoms with Gasteiger partial charge in [0.05, 0.1) is 20.8 Å². The molecule has 18 heteroatoms. The number of hydrogen-bond acceptors (Lipinski definition) is 11. The van der Waals surface area contributed by atoms with Crippen molar-refractivity contribution in [3.63, 3.8) is 0 Å². The predicted octanol–water partition coefficient (Wildman–Crippen LogP) is 7.55. The van der Waals surface area contributed by atoms with Gasteiger partial charge in [-0.1, -0.05) is 31.5 Å². The number of carbonyl (C=O) groups is 1. The number of hydrogen-bond donors (Lipinski definition) is 1. The summed E-state index contributed by atoms with van der Waals surface area (Å²) in [5.41, 5.74) is 5.63. The molecule has 3 saturated heterocycles. The number of amides is 1. The quantitative estimate of drug-likeness (QED) is 0.159. The Labute approximate surface area is 328 Å². The van der Waals surface area contributed by atoms with E-state index >= 15 is 8.78 Å². The summed E-state index contributed by atoms with van der Waals surface area (Å²) in [4.78, 5) is 32.5. The van der Waals surface area contributed by atoms with E-state index in [0.29, 0.717) is 43.8 Å². The van der Waals surface area contributed by atoms with Crippen LogP contribution in [0.4, 0.5) is 28.8 Å². The highest BCUT2D eigenvalue weighted by molar-refractivity contribution is 7.23. The average Bonchev–Trinajstić information content (AvgIpc) is 3.89. The van der Waals surface area contributed by atoms with Crippen molar-refractivity contribution in [1.29, 1.82) is 5.26 Å². The maximum absolute atomic E-state index is 17.3. The van der Waals surface area contributed by atoms with Crippen molar-refractivity contribution >= 4 is 72.4 Å². The third-order valence-corrected chi connectivity index (χ3v) is 12.8. The Bertz CT molecular complexity index is 2390. The number of nitrogen functional groups attached to an aromatic ring is 1. The minimum absolute atomic E-state index is 0.00599. The number of carbonyl (C=O) groups excluding carboxylic acids is 1. The van der Waals surface area contributed by atoms with Gasteiger partial charge in [0.1, 0.15) is 47.3 Å². The van der Waals surface area contributed by atoms with E-state index in [2.05, 4.69) is 20.0 Å². The molecule has 1 amide bonds. The molecular weight excluding hydrogens is 776 g/mol. The summed E-state index contributed by atoms with van der Waals surface area (Å²) in [7, 11) is 0. The van der Waals surface area contributed by atoms with Gasteiger partial charge in [-0.3, -0.25) is 4.90 Å². The molecule has 3 aliphatic heterocycles. The third kappa shape index (κ3) is 6.29. The normalized spacial score (nSPS) is 22.4. The smallest absolute Gasteiger partial charge is 0.346 e. The van der Waals surface area contributed by atoms with Crippen molar-refractivity contribution in [2.75, 3.05) is 50.0 Å². The number of nitriles is 1. The van der Waals surface area contributed by atoms with Crippen LogP contribution < -0.4 is 15.4 Å². The van der Waals surface area contributed by atoms with E-state index in [1.807, 2.05) is 31.7 Å². The van der Waals surface area contributed by atoms with Crippen LogP contribution in [0, 0.1) is 34.8 Å². The Hall–Kier alpha value is -4.43. The number of benzene rings is 2. The van der Waals surface area contributed by atoms with E-state index in [1.54, 1.807) is 11.0 Å². The summed E-state index contributed by atoms with van der Waals surface area (Å²) >= 11 is 13.7. The highest BCUT2D eigenvalue weighted by Crippen LogP contribution is 2.46. The SMILES string of the molecule is CCN(C[C@@H]1CN(C(=O)n2cnc(Cl)n2)[C@@H]1C(C)C)c1nc(OC[C@@]23CCCN2C[C@H](F)C3)nc2c(F)c(-c3ccc(F)c4sc(N)c(C#N)c34)c(Cl)cc12. The number of aromatic nitrogens is 5. The molecular formula is C37H37Cl2F3N10O2S. The molecule has 8 rings (SSSR count). The number of rotatable bonds is 9. The molecule has 5 aromatic rings. The van der Waals surface area contributed by atoms with E-state index in [4.69, 9.17) is 38.7 Å². The first-order valence-corrected chi connectivity index (χ1v) is 19.7. The van der Waals surface area contributed by atoms with Gasteiger partial charge in [-0.2, -0.15) is 19.9 Å². The Kier molecular flexibility index (Phi) is 9.72. The number of anilines is 2. The zero-order valence-electron chi connectivity index (χ0n) is 30.2. The lowest BCUT2D eigenvalue weighted by Crippen LogP contribution is -2.64. The number of nitrogens with zero attached hydrogens (tertiary/aromatic N) is 9. The summed E-state index contributed by atoms with van der Waals surface area (Å²) in [6.45, 7) is 8.52. The molecule has 2 N–H and O–H groups in total. The maximum Gasteiger partial charge on any atom is 0.346 e. The monoisotopic (exact) mass is 812 g/mol. The predicted molar refractivity (Wildman–Crippen MR) is 205 cm³/mol. The van der Waals surface area contributed by atoms with Gasteiger partial charge in [0.15, 0.2) is 5.82 Å². The van der Waals surface area contributed by atoms with Crippen molar-refractivity contribution in [3.8, 4) is 23.2 Å². The van der Waals surface area contributed by atoms with Gasteiger partial charge in [-0.25, -0.2) is 22.9 Å². The Morgan fingerprint density at radius 2 is 2.05 bits per heavy atom. The van der Waals surface area contributed by atoms with Gasteiger partial charge in [0.2, 0.25) is 5.28 Å². The number of fused-ring (bicyclic) bond motifs is 3. The second kappa shape index (κ2) is 14.3. The van der Waals surface area contributed by atoms with Crippen molar-refractivity contribution in [1.82, 2.24) is 34.5 Å². The minimum Gasteiger partial charge on any atom is -0.461 e. The summed E-state index contributed by atoms with van der Waals surface area (Å²) < 4.78 is 54.5. The lowest BCUT2D eigenvalue weighted by molar-refractivity contribution is 0.0237. The van der Waals surface area contributed by atoms with Crippen LogP contribution in [0.2, 0.25) is 10.3 Å². The van der Waals surface area contributed by atoms with E-state index in [-0.39, 0.29) is 84.1 Å². The van der Waals surface area contributed by atoms with Crippen molar-refractivity contribution < 1.29 is 22.7 Å². The number of thiophene rings is 1. The molecule has 0 radical (unpaired) electrons. The van der Waals surface area contributed by atoms with Crippen LogP contribution in [0.1, 0.15) is 45.6 Å². The molecule has 4 atom stereocenters. The van der Waals surface area contributed by atoms with Crippen LogP contribution in [-0.2, 0) is 0 Å². The molecule has 0 saturated carbocycles. The fourth-order valence-electron chi connectivity index (χ4n) is 8.86. The molecule has 2 aromatic carbocycles. The lowest BCUT2D eigenvalue weighted by atomic mass is 9.81. The standard InChI is InChI=1S/C37H37Cl2F3N10O2S/c1-4-49(13-19-14-51(30(19)18(2)3)36(53)52-17-45-34(39)48-52)33-22-10-24(38)27(21-6-7-25(41)31-26(21)23(12-43)32(44)55-31)28(42)29(22)46-35(47-33)54-16-37-8-5-9-50(37)15-20(40)11-37/h6-7,10,17-20,30H,4-5,8-9,11,13-16,44H2,1-3H3/t19-,20-,30-,37+/m1/s1. The first-order chi connectivity index (χ1) is 26.3. The van der Waals surface area contributed by atoms with Crippen LogP contribution in [0.3, 0.4) is 0 Å². The van der Waals surface area contributed by atoms with Crippen LogP contribution in [0.25, 0.3) is 32.1 Å². The van der Waals surface area contributed by atoms with Crippen LogP contribution >= 0.6 is 34.5 Å². The molecule has 6 heterocycles. The molecule has 3 fully saturated rings. The summed E-state index contributed by atoms with van der Waals surface area (Å²) in [5, 5.41) is 14.5. The average molecular weight is 814 g/mol. The van der Waals surface area contributed by atoms with Crippen LogP contribution in [-0.4, -0.2) is 97.6 Å². The topological polar surface area (TPSA) is 142 Å². The number of nitrogens with two attached hydrogens (primary N) is 1. The summed E-state index contributed by atoms with van der Waals surface area (Å²) in [5.74, 6) is -0.985. The second-order valence-electron chi connectivity index (χ2n) is 14.8. The molecule has 0 spiro atoms. The molecule has 3 aromatic heterocycles. The third-order valence-electron chi connectivity index (χ3n) is 11.3. The Morgan fingerprint density at radius 3 is 2.76 bits per heavy atom. The van der Waals surface area contributed by atoms with E-state index < -0.39 is 23.3 Å². The van der Waals surface area contributed by atoms with Crippen molar-refractivity contribution in [2.24, 2.45) is 11.8 Å². The highest BCUT2D eigenvalue weighted by Gasteiger charge is 2.50. The maximum atomic E-state index is 17.3. The largest absolute Gasteiger partial charge is 0.461 e. The molecule has 55 heavy (non-hydrogen) atoms. The Balaban J connectivity index is 1.22. The van der Waals surface area contributed by atoms with Gasteiger partial charge in [-0.05, 0) is 61.5 Å². The number of alkyl halides is 1. The van der Waals surface area contributed by atoms with Gasteiger partial charge < -0.3 is 20.3 Å². The van der Waals surface area contributed by atoms with E-state index in [9.17, 15) is 14.4 Å². The van der Waals surface area contributed by atoms with E-state index in [1.165, 1.54) is 18.5 Å². The fourth-order valence-corrected chi connectivity index (χ4v) is 10.2. The molecule has 288 valence electrons. The fraction of sp³-hybridized carbons (Fsp3) is 0.459. The Morgan fingerprint density at radius 1 is 1.25 bits per heavy atom. The van der Waals surface area contributed by atoms with Gasteiger partial charge in [0.25, 0.3) is 0 Å². The number of ether oxygens (including phenoxy) is 1.